The van der Waals surface area contributed by atoms with Gasteiger partial charge in [-0.2, -0.15) is 0 Å². The van der Waals surface area contributed by atoms with Gasteiger partial charge < -0.3 is 10.3 Å². The number of benzene rings is 1. The molecule has 2 N–H and O–H groups in total. The van der Waals surface area contributed by atoms with Crippen molar-refractivity contribution in [2.24, 2.45) is 0 Å². The topological polar surface area (TPSA) is 57.8 Å². The zero-order valence-electron chi connectivity index (χ0n) is 10.7. The number of nitrogens with zero attached hydrogens (tertiary/aromatic N) is 1. The molecule has 2 heterocycles. The number of aromatic nitrogens is 2. The number of hydrogen-bond donors (Lipinski definition) is 2. The van der Waals surface area contributed by atoms with Crippen molar-refractivity contribution in [3.63, 3.8) is 0 Å². The minimum absolute atomic E-state index is 0.163. The largest absolute Gasteiger partial charge is 0.361 e. The first kappa shape index (κ1) is 12.2. The lowest BCUT2D eigenvalue weighted by atomic mass is 10.2. The standard InChI is InChI=1S/C16H13N3O/c20-16(6-3-12-2-1-8-17-11-12)19-14-4-5-15-13(10-14)7-9-18-15/h1-11,18H,(H,19,20). The van der Waals surface area contributed by atoms with Gasteiger partial charge in [-0.15, -0.1) is 0 Å². The maximum atomic E-state index is 11.8. The number of carbonyl (C=O) groups is 1. The second kappa shape index (κ2) is 5.40. The van der Waals surface area contributed by atoms with Crippen molar-refractivity contribution in [2.75, 3.05) is 5.32 Å². The van der Waals surface area contributed by atoms with Crippen LogP contribution in [0, 0.1) is 0 Å². The molecule has 0 aliphatic heterocycles. The monoisotopic (exact) mass is 263 g/mol. The molecule has 0 aliphatic rings. The summed E-state index contributed by atoms with van der Waals surface area (Å²) in [6.07, 6.45) is 8.51. The number of hydrogen-bond acceptors (Lipinski definition) is 2. The molecule has 0 saturated heterocycles. The Labute approximate surface area is 116 Å². The van der Waals surface area contributed by atoms with Crippen LogP contribution in [0.25, 0.3) is 17.0 Å². The van der Waals surface area contributed by atoms with Crippen LogP contribution in [0.1, 0.15) is 5.56 Å². The normalized spacial score (nSPS) is 11.0. The van der Waals surface area contributed by atoms with Crippen LogP contribution >= 0.6 is 0 Å². The van der Waals surface area contributed by atoms with E-state index in [0.717, 1.165) is 22.2 Å². The van der Waals surface area contributed by atoms with Crippen molar-refractivity contribution in [1.29, 1.82) is 0 Å². The van der Waals surface area contributed by atoms with Gasteiger partial charge >= 0.3 is 0 Å². The molecule has 3 rings (SSSR count). The number of carbonyl (C=O) groups excluding carboxylic acids is 1. The van der Waals surface area contributed by atoms with E-state index in [-0.39, 0.29) is 5.91 Å². The van der Waals surface area contributed by atoms with Crippen LogP contribution in [0.2, 0.25) is 0 Å². The van der Waals surface area contributed by atoms with Gasteiger partial charge in [0, 0.05) is 41.3 Å². The second-order valence-electron chi connectivity index (χ2n) is 4.39. The van der Waals surface area contributed by atoms with Crippen molar-refractivity contribution < 1.29 is 4.79 Å². The van der Waals surface area contributed by atoms with E-state index in [4.69, 9.17) is 0 Å². The molecule has 0 aliphatic carbocycles. The predicted octanol–water partition coefficient (Wildman–Crippen LogP) is 3.21. The Balaban J connectivity index is 1.70. The first-order valence-electron chi connectivity index (χ1n) is 6.27. The van der Waals surface area contributed by atoms with Gasteiger partial charge in [-0.05, 0) is 42.0 Å². The van der Waals surface area contributed by atoms with Crippen LogP contribution in [0.15, 0.2) is 61.1 Å². The average Bonchev–Trinajstić information content (AvgIpc) is 2.94. The summed E-state index contributed by atoms with van der Waals surface area (Å²) in [5.41, 5.74) is 2.72. The minimum Gasteiger partial charge on any atom is -0.361 e. The molecular weight excluding hydrogens is 250 g/mol. The van der Waals surface area contributed by atoms with Crippen molar-refractivity contribution in [3.8, 4) is 0 Å². The molecule has 20 heavy (non-hydrogen) atoms. The van der Waals surface area contributed by atoms with E-state index >= 15 is 0 Å². The summed E-state index contributed by atoms with van der Waals surface area (Å²) in [7, 11) is 0. The number of amides is 1. The van der Waals surface area contributed by atoms with Gasteiger partial charge in [-0.1, -0.05) is 6.07 Å². The lowest BCUT2D eigenvalue weighted by Crippen LogP contribution is -2.07. The molecule has 3 aromatic rings. The van der Waals surface area contributed by atoms with Gasteiger partial charge in [0.1, 0.15) is 0 Å². The molecule has 2 aromatic heterocycles. The van der Waals surface area contributed by atoms with Crippen molar-refractivity contribution in [2.45, 2.75) is 0 Å². The fourth-order valence-corrected chi connectivity index (χ4v) is 1.96. The lowest BCUT2D eigenvalue weighted by Gasteiger charge is -2.02. The molecule has 1 aromatic carbocycles. The zero-order chi connectivity index (χ0) is 13.8. The van der Waals surface area contributed by atoms with Gasteiger partial charge in [-0.25, -0.2) is 0 Å². The number of pyridine rings is 1. The summed E-state index contributed by atoms with van der Waals surface area (Å²) in [6.45, 7) is 0. The molecule has 0 spiro atoms. The highest BCUT2D eigenvalue weighted by Gasteiger charge is 2.00. The molecule has 0 atom stereocenters. The van der Waals surface area contributed by atoms with Gasteiger partial charge in [0.15, 0.2) is 0 Å². The number of H-pyrrole nitrogens is 1. The van der Waals surface area contributed by atoms with E-state index in [1.165, 1.54) is 6.08 Å². The van der Waals surface area contributed by atoms with E-state index in [1.54, 1.807) is 18.5 Å². The van der Waals surface area contributed by atoms with Gasteiger partial charge in [0.25, 0.3) is 0 Å². The summed E-state index contributed by atoms with van der Waals surface area (Å²) in [5.74, 6) is -0.163. The highest BCUT2D eigenvalue weighted by molar-refractivity contribution is 6.02. The quantitative estimate of drug-likeness (QED) is 0.713. The maximum Gasteiger partial charge on any atom is 0.248 e. The third-order valence-electron chi connectivity index (χ3n) is 2.93. The highest BCUT2D eigenvalue weighted by atomic mass is 16.1. The Morgan fingerprint density at radius 1 is 1.25 bits per heavy atom. The number of aromatic amines is 1. The summed E-state index contributed by atoms with van der Waals surface area (Å²) in [5, 5.41) is 3.90. The summed E-state index contributed by atoms with van der Waals surface area (Å²) < 4.78 is 0. The molecule has 0 saturated carbocycles. The van der Waals surface area contributed by atoms with Crippen LogP contribution < -0.4 is 5.32 Å². The van der Waals surface area contributed by atoms with Crippen LogP contribution in [0.4, 0.5) is 5.69 Å². The smallest absolute Gasteiger partial charge is 0.248 e. The average molecular weight is 263 g/mol. The van der Waals surface area contributed by atoms with Crippen LogP contribution in [-0.4, -0.2) is 15.9 Å². The Morgan fingerprint density at radius 3 is 3.05 bits per heavy atom. The molecule has 0 bridgehead atoms. The molecule has 4 nitrogen and oxygen atoms in total. The number of rotatable bonds is 3. The molecule has 1 amide bonds. The molecule has 98 valence electrons. The number of nitrogens with one attached hydrogen (secondary N) is 2. The molecule has 4 heteroatoms. The van der Waals surface area contributed by atoms with E-state index in [2.05, 4.69) is 15.3 Å². The third-order valence-corrected chi connectivity index (χ3v) is 2.93. The third kappa shape index (κ3) is 2.75. The lowest BCUT2D eigenvalue weighted by molar-refractivity contribution is -0.111. The summed E-state index contributed by atoms with van der Waals surface area (Å²) in [6, 6.07) is 11.4. The molecule has 0 fully saturated rings. The highest BCUT2D eigenvalue weighted by Crippen LogP contribution is 2.17. The van der Waals surface area contributed by atoms with E-state index in [0.29, 0.717) is 0 Å². The second-order valence-corrected chi connectivity index (χ2v) is 4.39. The van der Waals surface area contributed by atoms with Crippen LogP contribution in [-0.2, 0) is 4.79 Å². The predicted molar refractivity (Wildman–Crippen MR) is 80.2 cm³/mol. The first-order valence-corrected chi connectivity index (χ1v) is 6.27. The fourth-order valence-electron chi connectivity index (χ4n) is 1.96. The first-order chi connectivity index (χ1) is 9.81. The number of fused-ring (bicyclic) bond motifs is 1. The molecule has 0 unspecified atom stereocenters. The van der Waals surface area contributed by atoms with Crippen LogP contribution in [0.5, 0.6) is 0 Å². The molecule has 0 radical (unpaired) electrons. The minimum atomic E-state index is -0.163. The van der Waals surface area contributed by atoms with Gasteiger partial charge in [0.2, 0.25) is 5.91 Å². The van der Waals surface area contributed by atoms with Gasteiger partial charge in [-0.3, -0.25) is 9.78 Å². The number of anilines is 1. The van der Waals surface area contributed by atoms with Crippen molar-refractivity contribution in [1.82, 2.24) is 9.97 Å². The SMILES string of the molecule is O=C(C=Cc1cccnc1)Nc1ccc2[nH]ccc2c1. The Bertz CT molecular complexity index is 760. The van der Waals surface area contributed by atoms with Crippen molar-refractivity contribution in [3.05, 3.63) is 66.6 Å². The van der Waals surface area contributed by atoms with Gasteiger partial charge in [0.05, 0.1) is 0 Å². The Morgan fingerprint density at radius 2 is 2.20 bits per heavy atom. The Kier molecular flexibility index (Phi) is 3.29. The summed E-state index contributed by atoms with van der Waals surface area (Å²) in [4.78, 5) is 18.9. The maximum absolute atomic E-state index is 11.8. The van der Waals surface area contributed by atoms with Crippen LogP contribution in [0.3, 0.4) is 0 Å². The zero-order valence-corrected chi connectivity index (χ0v) is 10.7. The van der Waals surface area contributed by atoms with E-state index < -0.39 is 0 Å². The molecular formula is C16H13N3O. The van der Waals surface area contributed by atoms with Crippen molar-refractivity contribution >= 4 is 28.6 Å². The van der Waals surface area contributed by atoms with E-state index in [9.17, 15) is 4.79 Å². The van der Waals surface area contributed by atoms with E-state index in [1.807, 2.05) is 42.6 Å². The Hall–Kier alpha value is -2.88. The fraction of sp³-hybridized carbons (Fsp3) is 0. The summed E-state index contributed by atoms with van der Waals surface area (Å²) >= 11 is 0.